The van der Waals surface area contributed by atoms with Gasteiger partial charge in [0.1, 0.15) is 6.61 Å². The van der Waals surface area contributed by atoms with Gasteiger partial charge in [0.15, 0.2) is 11.5 Å². The molecule has 0 spiro atoms. The van der Waals surface area contributed by atoms with Gasteiger partial charge in [-0.1, -0.05) is 48.5 Å². The summed E-state index contributed by atoms with van der Waals surface area (Å²) in [5.41, 5.74) is 2.54. The molecule has 0 fully saturated rings. The number of carboxylic acid groups (broad SMARTS) is 1. The van der Waals surface area contributed by atoms with Crippen LogP contribution in [0.1, 0.15) is 27.9 Å². The van der Waals surface area contributed by atoms with Crippen LogP contribution in [-0.4, -0.2) is 68.9 Å². The Hall–Kier alpha value is -4.39. The lowest BCUT2D eigenvalue weighted by Crippen LogP contribution is -2.44. The highest BCUT2D eigenvalue weighted by Crippen LogP contribution is 2.36. The number of benzene rings is 3. The molecule has 0 saturated carbocycles. The largest absolute Gasteiger partial charge is 0.493 e. The molecule has 0 aromatic heterocycles. The summed E-state index contributed by atoms with van der Waals surface area (Å²) in [5.74, 6) is -0.0167. The fourth-order valence-corrected chi connectivity index (χ4v) is 5.27. The number of ether oxygens (including phenoxy) is 2. The van der Waals surface area contributed by atoms with E-state index in [0.717, 1.165) is 16.7 Å². The SMILES string of the molecule is CNS(=O)(=O)c1ccc(C2=C[C@@H](CO)N(C(=O)c3cc(OC)c(OCc4ccccc4)cc3NC(=O)O)CC2)cc1. The maximum Gasteiger partial charge on any atom is 0.409 e. The number of carbonyl (C=O) groups excluding carboxylic acids is 1. The number of amides is 2. The molecule has 4 rings (SSSR count). The topological polar surface area (TPSA) is 154 Å². The quantitative estimate of drug-likeness (QED) is 0.283. The van der Waals surface area contributed by atoms with Crippen molar-refractivity contribution in [3.8, 4) is 11.5 Å². The van der Waals surface area contributed by atoms with Crippen molar-refractivity contribution in [1.82, 2.24) is 9.62 Å². The zero-order valence-electron chi connectivity index (χ0n) is 22.5. The normalized spacial score (nSPS) is 15.1. The van der Waals surface area contributed by atoms with E-state index in [1.165, 1.54) is 43.3 Å². The first-order valence-corrected chi connectivity index (χ1v) is 14.2. The molecule has 2 amide bonds. The standard InChI is InChI=1S/C29H31N3O8S/c1-30-41(37,38)23-10-8-20(9-11-23)21-12-13-32(22(14-21)17-33)28(34)24-15-26(39-2)27(16-25(24)31-29(35)36)40-18-19-6-4-3-5-7-19/h3-11,14-16,22,30-31,33H,12-13,17-18H2,1-2H3,(H,35,36)/t22-/m0/s1. The van der Waals surface area contributed by atoms with Crippen LogP contribution in [-0.2, 0) is 16.6 Å². The van der Waals surface area contributed by atoms with Crippen LogP contribution in [0.15, 0.2) is 77.7 Å². The second-order valence-electron chi connectivity index (χ2n) is 9.18. The molecule has 11 nitrogen and oxygen atoms in total. The number of aliphatic hydroxyl groups excluding tert-OH is 1. The van der Waals surface area contributed by atoms with Gasteiger partial charge >= 0.3 is 6.09 Å². The number of hydrogen-bond donors (Lipinski definition) is 4. The molecule has 3 aromatic rings. The van der Waals surface area contributed by atoms with E-state index in [-0.39, 0.29) is 47.4 Å². The van der Waals surface area contributed by atoms with E-state index >= 15 is 0 Å². The van der Waals surface area contributed by atoms with E-state index in [2.05, 4.69) is 10.0 Å². The minimum Gasteiger partial charge on any atom is -0.493 e. The van der Waals surface area contributed by atoms with Crippen LogP contribution in [0.3, 0.4) is 0 Å². The fraction of sp³-hybridized carbons (Fsp3) is 0.241. The zero-order chi connectivity index (χ0) is 29.6. The van der Waals surface area contributed by atoms with Crippen LogP contribution in [0.5, 0.6) is 11.5 Å². The highest BCUT2D eigenvalue weighted by Gasteiger charge is 2.30. The summed E-state index contributed by atoms with van der Waals surface area (Å²) in [6.45, 7) is 0.0528. The highest BCUT2D eigenvalue weighted by molar-refractivity contribution is 7.89. The molecule has 1 atom stereocenters. The lowest BCUT2D eigenvalue weighted by molar-refractivity contribution is 0.0648. The summed E-state index contributed by atoms with van der Waals surface area (Å²) in [7, 11) is -0.825. The number of anilines is 1. The van der Waals surface area contributed by atoms with Crippen LogP contribution in [0.25, 0.3) is 5.57 Å². The van der Waals surface area contributed by atoms with Gasteiger partial charge in [-0.3, -0.25) is 10.1 Å². The van der Waals surface area contributed by atoms with Gasteiger partial charge in [-0.05, 0) is 48.4 Å². The number of carbonyl (C=O) groups is 2. The number of aliphatic hydroxyl groups is 1. The minimum atomic E-state index is -3.58. The Morgan fingerprint density at radius 1 is 1.05 bits per heavy atom. The second kappa shape index (κ2) is 12.9. The van der Waals surface area contributed by atoms with Crippen molar-refractivity contribution in [2.75, 3.05) is 32.6 Å². The van der Waals surface area contributed by atoms with Crippen molar-refractivity contribution in [2.45, 2.75) is 24.0 Å². The summed E-state index contributed by atoms with van der Waals surface area (Å²) < 4.78 is 37.7. The summed E-state index contributed by atoms with van der Waals surface area (Å²) in [6.07, 6.45) is 0.820. The number of hydrogen-bond acceptors (Lipinski definition) is 7. The van der Waals surface area contributed by atoms with Crippen LogP contribution >= 0.6 is 0 Å². The Balaban J connectivity index is 1.62. The lowest BCUT2D eigenvalue weighted by atomic mass is 9.95. The van der Waals surface area contributed by atoms with Crippen LogP contribution in [0.2, 0.25) is 0 Å². The molecule has 0 unspecified atom stereocenters. The Labute approximate surface area is 238 Å². The third kappa shape index (κ3) is 6.85. The number of methoxy groups -OCH3 is 1. The number of nitrogens with one attached hydrogen (secondary N) is 2. The van der Waals surface area contributed by atoms with Crippen molar-refractivity contribution < 1.29 is 37.7 Å². The van der Waals surface area contributed by atoms with Crippen LogP contribution in [0.4, 0.5) is 10.5 Å². The molecule has 0 bridgehead atoms. The molecule has 3 aromatic carbocycles. The average molecular weight is 582 g/mol. The van der Waals surface area contributed by atoms with Gasteiger partial charge in [0.25, 0.3) is 5.91 Å². The Morgan fingerprint density at radius 2 is 1.76 bits per heavy atom. The van der Waals surface area contributed by atoms with Crippen LogP contribution in [0, 0.1) is 0 Å². The predicted octanol–water partition coefficient (Wildman–Crippen LogP) is 3.56. The molecule has 4 N–H and O–H groups in total. The first-order valence-electron chi connectivity index (χ1n) is 12.7. The Morgan fingerprint density at radius 3 is 2.37 bits per heavy atom. The van der Waals surface area contributed by atoms with Gasteiger partial charge in [0.2, 0.25) is 10.0 Å². The number of rotatable bonds is 10. The molecule has 216 valence electrons. The van der Waals surface area contributed by atoms with Gasteiger partial charge in [-0.2, -0.15) is 0 Å². The van der Waals surface area contributed by atoms with Gasteiger partial charge < -0.3 is 24.6 Å². The summed E-state index contributed by atoms with van der Waals surface area (Å²) in [4.78, 5) is 26.9. The summed E-state index contributed by atoms with van der Waals surface area (Å²) in [6, 6.07) is 17.8. The molecule has 41 heavy (non-hydrogen) atoms. The van der Waals surface area contributed by atoms with Gasteiger partial charge in [-0.25, -0.2) is 17.9 Å². The van der Waals surface area contributed by atoms with Gasteiger partial charge in [-0.15, -0.1) is 0 Å². The molecule has 0 radical (unpaired) electrons. The van der Waals surface area contributed by atoms with Gasteiger partial charge in [0.05, 0.1) is 35.9 Å². The molecular formula is C29H31N3O8S. The first-order chi connectivity index (χ1) is 19.7. The first kappa shape index (κ1) is 29.6. The summed E-state index contributed by atoms with van der Waals surface area (Å²) >= 11 is 0. The van der Waals surface area contributed by atoms with E-state index in [9.17, 15) is 28.2 Å². The molecule has 1 heterocycles. The minimum absolute atomic E-state index is 0.0131. The molecular weight excluding hydrogens is 550 g/mol. The average Bonchev–Trinajstić information content (AvgIpc) is 2.99. The molecule has 12 heteroatoms. The predicted molar refractivity (Wildman–Crippen MR) is 153 cm³/mol. The van der Waals surface area contributed by atoms with E-state index < -0.39 is 28.1 Å². The van der Waals surface area contributed by atoms with Crippen molar-refractivity contribution in [1.29, 1.82) is 0 Å². The van der Waals surface area contributed by atoms with E-state index in [0.29, 0.717) is 6.42 Å². The van der Waals surface area contributed by atoms with Crippen molar-refractivity contribution in [2.24, 2.45) is 0 Å². The van der Waals surface area contributed by atoms with Crippen molar-refractivity contribution in [3.63, 3.8) is 0 Å². The van der Waals surface area contributed by atoms with Crippen molar-refractivity contribution in [3.05, 3.63) is 89.5 Å². The third-order valence-corrected chi connectivity index (χ3v) is 8.11. The van der Waals surface area contributed by atoms with Crippen molar-refractivity contribution >= 4 is 33.3 Å². The third-order valence-electron chi connectivity index (χ3n) is 6.68. The maximum atomic E-state index is 13.7. The molecule has 1 aliphatic heterocycles. The highest BCUT2D eigenvalue weighted by atomic mass is 32.2. The Kier molecular flexibility index (Phi) is 9.28. The number of nitrogens with zero attached hydrogens (tertiary/aromatic N) is 1. The van der Waals surface area contributed by atoms with E-state index in [1.807, 2.05) is 30.3 Å². The number of sulfonamides is 1. The fourth-order valence-electron chi connectivity index (χ4n) is 4.54. The molecule has 0 saturated heterocycles. The zero-order valence-corrected chi connectivity index (χ0v) is 23.3. The Bertz CT molecular complexity index is 1540. The lowest BCUT2D eigenvalue weighted by Gasteiger charge is -2.34. The molecule has 1 aliphatic rings. The van der Waals surface area contributed by atoms with Gasteiger partial charge in [0, 0.05) is 12.6 Å². The second-order valence-corrected chi connectivity index (χ2v) is 11.1. The maximum absolute atomic E-state index is 13.7. The monoisotopic (exact) mass is 581 g/mol. The van der Waals surface area contributed by atoms with Crippen LogP contribution < -0.4 is 19.5 Å². The molecule has 0 aliphatic carbocycles. The summed E-state index contributed by atoms with van der Waals surface area (Å²) in [5, 5.41) is 21.9. The van der Waals surface area contributed by atoms with E-state index in [4.69, 9.17) is 9.47 Å². The van der Waals surface area contributed by atoms with E-state index in [1.54, 1.807) is 18.2 Å². The smallest absolute Gasteiger partial charge is 0.409 e.